The van der Waals surface area contributed by atoms with Crippen LogP contribution in [0.25, 0.3) is 0 Å². The van der Waals surface area contributed by atoms with Gasteiger partial charge in [0.15, 0.2) is 0 Å². The summed E-state index contributed by atoms with van der Waals surface area (Å²) in [5.74, 6) is -1.24. The Balaban J connectivity index is 3.86. The fourth-order valence-electron chi connectivity index (χ4n) is 4.81. The number of carbonyl (C=O) groups excluding carboxylic acids is 2. The molecule has 0 fully saturated rings. The second kappa shape index (κ2) is 39.6. The number of nitrogens with one attached hydrogen (secondary N) is 2. The third-order valence-corrected chi connectivity index (χ3v) is 7.74. The molecular weight excluding hydrogens is 645 g/mol. The van der Waals surface area contributed by atoms with Crippen molar-refractivity contribution in [1.82, 2.24) is 10.6 Å². The van der Waals surface area contributed by atoms with Crippen molar-refractivity contribution in [3.63, 3.8) is 0 Å². The van der Waals surface area contributed by atoms with Gasteiger partial charge in [0, 0.05) is 19.4 Å². The average molecular weight is 715 g/mol. The van der Waals surface area contributed by atoms with Crippen LogP contribution < -0.4 is 10.6 Å². The fourth-order valence-corrected chi connectivity index (χ4v) is 4.81. The zero-order chi connectivity index (χ0) is 38.0. The zero-order valence-electron chi connectivity index (χ0n) is 32.4. The van der Waals surface area contributed by atoms with Crippen LogP contribution in [0.15, 0.2) is 122 Å². The van der Waals surface area contributed by atoms with Gasteiger partial charge in [-0.15, -0.1) is 0 Å². The average Bonchev–Trinajstić information content (AvgIpc) is 3.13. The van der Waals surface area contributed by atoms with E-state index < -0.39 is 12.0 Å². The highest BCUT2D eigenvalue weighted by molar-refractivity contribution is 5.83. The van der Waals surface area contributed by atoms with Gasteiger partial charge < -0.3 is 15.7 Å². The van der Waals surface area contributed by atoms with Crippen molar-refractivity contribution in [3.05, 3.63) is 122 Å². The topological polar surface area (TPSA) is 95.5 Å². The van der Waals surface area contributed by atoms with E-state index in [1.54, 1.807) is 0 Å². The van der Waals surface area contributed by atoms with Crippen LogP contribution in [0.2, 0.25) is 0 Å². The predicted octanol–water partition coefficient (Wildman–Crippen LogP) is 11.7. The Labute approximate surface area is 317 Å². The van der Waals surface area contributed by atoms with Crippen LogP contribution in [-0.2, 0) is 14.4 Å². The van der Waals surface area contributed by atoms with Crippen LogP contribution in [0, 0.1) is 0 Å². The molecule has 0 spiro atoms. The molecule has 2 amide bonds. The third kappa shape index (κ3) is 37.1. The standard InChI is InChI=1S/C46H70N2O4/c1-3-5-7-9-11-13-15-17-19-21-23-25-27-29-31-33-35-40-44(49)47-42-38-37-39-43(46(51)52)48-45(50)41-36-34-32-30-28-26-24-22-20-18-16-14-12-10-8-6-4-2/h5-8,11-14,17-20,23-26,29-32,43H,3-4,9-10,15-16,21-22,27-28,33-42H2,1-2H3,(H,47,49)(H,48,50)(H,51,52)/t43-/m0/s1. The molecular formula is C46H70N2O4. The maximum absolute atomic E-state index is 12.3. The monoisotopic (exact) mass is 715 g/mol. The maximum Gasteiger partial charge on any atom is 0.326 e. The Morgan fingerprint density at radius 3 is 1.17 bits per heavy atom. The van der Waals surface area contributed by atoms with E-state index in [-0.39, 0.29) is 11.8 Å². The van der Waals surface area contributed by atoms with Gasteiger partial charge in [0.25, 0.3) is 0 Å². The Kier molecular flexibility index (Phi) is 36.4. The van der Waals surface area contributed by atoms with Crippen LogP contribution >= 0.6 is 0 Å². The van der Waals surface area contributed by atoms with Gasteiger partial charge in [-0.25, -0.2) is 4.79 Å². The molecule has 0 unspecified atom stereocenters. The summed E-state index contributed by atoms with van der Waals surface area (Å²) in [5, 5.41) is 15.1. The molecule has 0 aliphatic rings. The van der Waals surface area contributed by atoms with E-state index in [1.165, 1.54) is 0 Å². The minimum Gasteiger partial charge on any atom is -0.480 e. The lowest BCUT2D eigenvalue weighted by Gasteiger charge is -2.14. The third-order valence-electron chi connectivity index (χ3n) is 7.74. The van der Waals surface area contributed by atoms with Gasteiger partial charge in [0.2, 0.25) is 11.8 Å². The first-order valence-electron chi connectivity index (χ1n) is 19.8. The number of allylic oxidation sites excluding steroid dienone is 20. The molecule has 288 valence electrons. The van der Waals surface area contributed by atoms with Crippen molar-refractivity contribution in [1.29, 1.82) is 0 Å². The van der Waals surface area contributed by atoms with Gasteiger partial charge in [-0.3, -0.25) is 9.59 Å². The van der Waals surface area contributed by atoms with Crippen molar-refractivity contribution in [2.75, 3.05) is 6.54 Å². The van der Waals surface area contributed by atoms with E-state index in [4.69, 9.17) is 0 Å². The Hall–Kier alpha value is -4.19. The lowest BCUT2D eigenvalue weighted by Crippen LogP contribution is -2.40. The van der Waals surface area contributed by atoms with E-state index in [1.807, 2.05) is 0 Å². The number of rotatable bonds is 33. The maximum atomic E-state index is 12.3. The molecule has 0 aliphatic heterocycles. The molecule has 0 aliphatic carbocycles. The van der Waals surface area contributed by atoms with Crippen molar-refractivity contribution in [2.24, 2.45) is 0 Å². The van der Waals surface area contributed by atoms with Crippen LogP contribution in [0.5, 0.6) is 0 Å². The predicted molar refractivity (Wildman–Crippen MR) is 223 cm³/mol. The van der Waals surface area contributed by atoms with Gasteiger partial charge in [-0.1, -0.05) is 135 Å². The Morgan fingerprint density at radius 2 is 0.808 bits per heavy atom. The van der Waals surface area contributed by atoms with Crippen molar-refractivity contribution in [2.45, 2.75) is 142 Å². The van der Waals surface area contributed by atoms with Gasteiger partial charge >= 0.3 is 5.97 Å². The molecule has 0 saturated heterocycles. The van der Waals surface area contributed by atoms with E-state index in [2.05, 4.69) is 146 Å². The van der Waals surface area contributed by atoms with Crippen molar-refractivity contribution < 1.29 is 19.5 Å². The zero-order valence-corrected chi connectivity index (χ0v) is 32.4. The molecule has 1 atom stereocenters. The first-order valence-corrected chi connectivity index (χ1v) is 19.8. The van der Waals surface area contributed by atoms with E-state index in [9.17, 15) is 19.5 Å². The van der Waals surface area contributed by atoms with Crippen molar-refractivity contribution >= 4 is 17.8 Å². The number of aliphatic carboxylic acids is 1. The summed E-state index contributed by atoms with van der Waals surface area (Å²) < 4.78 is 0. The highest BCUT2D eigenvalue weighted by atomic mass is 16.4. The summed E-state index contributed by atoms with van der Waals surface area (Å²) in [6, 6.07) is -0.902. The first-order chi connectivity index (χ1) is 25.5. The number of carboxylic acids is 1. The molecule has 0 saturated carbocycles. The summed E-state index contributed by atoms with van der Waals surface area (Å²) in [4.78, 5) is 36.1. The molecule has 0 aromatic rings. The number of carbonyl (C=O) groups is 3. The number of carboxylic acid groups (broad SMARTS) is 1. The molecule has 6 heteroatoms. The van der Waals surface area contributed by atoms with Gasteiger partial charge in [-0.2, -0.15) is 0 Å². The Morgan fingerprint density at radius 1 is 0.462 bits per heavy atom. The number of hydrogen-bond acceptors (Lipinski definition) is 3. The summed E-state index contributed by atoms with van der Waals surface area (Å²) in [5.41, 5.74) is 0. The highest BCUT2D eigenvalue weighted by Gasteiger charge is 2.19. The molecule has 0 radical (unpaired) electrons. The number of hydrogen-bond donors (Lipinski definition) is 3. The SMILES string of the molecule is CCC=CCC=CCC=CCC=CCC=CCCCC(=O)NCCCC[C@H](NC(=O)CCCC=CCC=CCC=CCC=CCC=CCC)C(=O)O. The number of amides is 2. The summed E-state index contributed by atoms with van der Waals surface area (Å²) >= 11 is 0. The molecule has 6 nitrogen and oxygen atoms in total. The minimum atomic E-state index is -1.02. The van der Waals surface area contributed by atoms with Crippen LogP contribution in [0.1, 0.15) is 136 Å². The van der Waals surface area contributed by atoms with E-state index in [0.29, 0.717) is 45.1 Å². The molecule has 52 heavy (non-hydrogen) atoms. The molecule has 3 N–H and O–H groups in total. The highest BCUT2D eigenvalue weighted by Crippen LogP contribution is 2.05. The molecule has 0 rings (SSSR count). The quantitative estimate of drug-likeness (QED) is 0.0466. The Bertz CT molecular complexity index is 1200. The molecule has 0 bridgehead atoms. The first kappa shape index (κ1) is 47.8. The molecule has 0 aromatic heterocycles. The minimum absolute atomic E-state index is 0.0166. The van der Waals surface area contributed by atoms with E-state index in [0.717, 1.165) is 83.5 Å². The summed E-state index contributed by atoms with van der Waals surface area (Å²) in [6.45, 7) is 4.79. The smallest absolute Gasteiger partial charge is 0.326 e. The van der Waals surface area contributed by atoms with E-state index >= 15 is 0 Å². The second-order valence-corrected chi connectivity index (χ2v) is 12.5. The lowest BCUT2D eigenvalue weighted by atomic mass is 10.1. The summed E-state index contributed by atoms with van der Waals surface area (Å²) in [7, 11) is 0. The largest absolute Gasteiger partial charge is 0.480 e. The van der Waals surface area contributed by atoms with Gasteiger partial charge in [-0.05, 0) is 109 Å². The lowest BCUT2D eigenvalue weighted by molar-refractivity contribution is -0.142. The van der Waals surface area contributed by atoms with Gasteiger partial charge in [0.05, 0.1) is 0 Å². The van der Waals surface area contributed by atoms with Crippen LogP contribution in [0.3, 0.4) is 0 Å². The summed E-state index contributed by atoms with van der Waals surface area (Å²) in [6.07, 6.45) is 58.5. The van der Waals surface area contributed by atoms with Crippen molar-refractivity contribution in [3.8, 4) is 0 Å². The van der Waals surface area contributed by atoms with Crippen LogP contribution in [-0.4, -0.2) is 35.5 Å². The number of unbranched alkanes of at least 4 members (excludes halogenated alkanes) is 3. The molecule has 0 heterocycles. The second-order valence-electron chi connectivity index (χ2n) is 12.5. The normalized spacial score (nSPS) is 13.4. The van der Waals surface area contributed by atoms with Gasteiger partial charge in [0.1, 0.15) is 6.04 Å². The fraction of sp³-hybridized carbons (Fsp3) is 0.500. The molecule has 0 aromatic carbocycles. The van der Waals surface area contributed by atoms with Crippen LogP contribution in [0.4, 0.5) is 0 Å².